The van der Waals surface area contributed by atoms with Crippen molar-refractivity contribution in [2.45, 2.75) is 58.5 Å². The number of halogens is 1. The summed E-state index contributed by atoms with van der Waals surface area (Å²) in [6, 6.07) is 5.78. The van der Waals surface area contributed by atoms with Crippen molar-refractivity contribution >= 4 is 11.7 Å². The molecule has 0 fully saturated rings. The minimum Gasteiger partial charge on any atom is -0.501 e. The van der Waals surface area contributed by atoms with Gasteiger partial charge in [0.1, 0.15) is 11.6 Å². The van der Waals surface area contributed by atoms with Gasteiger partial charge in [0.2, 0.25) is 11.7 Å². The standard InChI is InChI=1S/C22H26FN3O4/c1-4-5-17(28)26-13-12-25-20(30)19(29)18(24-21(25)22(26,2)3)16(27)11-8-14-6-9-15(23)10-7-14/h6-7,9-10,29H,4-5,8,11-13H2,1-3H3. The summed E-state index contributed by atoms with van der Waals surface area (Å²) < 4.78 is 14.4. The third kappa shape index (κ3) is 3.99. The predicted octanol–water partition coefficient (Wildman–Crippen LogP) is 2.78. The van der Waals surface area contributed by atoms with Crippen molar-refractivity contribution in [1.82, 2.24) is 14.5 Å². The van der Waals surface area contributed by atoms with Crippen molar-refractivity contribution in [3.05, 3.63) is 57.5 Å². The average Bonchev–Trinajstić information content (AvgIpc) is 2.70. The second kappa shape index (κ2) is 8.38. The Morgan fingerprint density at radius 2 is 1.83 bits per heavy atom. The van der Waals surface area contributed by atoms with Gasteiger partial charge in [0, 0.05) is 25.9 Å². The van der Waals surface area contributed by atoms with E-state index in [1.54, 1.807) is 30.9 Å². The third-order valence-electron chi connectivity index (χ3n) is 5.50. The van der Waals surface area contributed by atoms with Crippen molar-refractivity contribution in [3.8, 4) is 5.75 Å². The van der Waals surface area contributed by atoms with Crippen LogP contribution >= 0.6 is 0 Å². The molecule has 3 rings (SSSR count). The van der Waals surface area contributed by atoms with Crippen LogP contribution in [0, 0.1) is 5.82 Å². The Morgan fingerprint density at radius 1 is 1.17 bits per heavy atom. The highest BCUT2D eigenvalue weighted by Crippen LogP contribution is 2.31. The number of ketones is 1. The molecule has 0 saturated carbocycles. The first-order valence-electron chi connectivity index (χ1n) is 10.1. The second-order valence-electron chi connectivity index (χ2n) is 7.99. The summed E-state index contributed by atoms with van der Waals surface area (Å²) in [5.74, 6) is -1.28. The van der Waals surface area contributed by atoms with Gasteiger partial charge in [-0.2, -0.15) is 0 Å². The smallest absolute Gasteiger partial charge is 0.296 e. The van der Waals surface area contributed by atoms with E-state index in [4.69, 9.17) is 0 Å². The zero-order chi connectivity index (χ0) is 22.1. The minimum atomic E-state index is -0.899. The number of aromatic nitrogens is 2. The van der Waals surface area contributed by atoms with E-state index in [-0.39, 0.29) is 36.2 Å². The lowest BCUT2D eigenvalue weighted by molar-refractivity contribution is -0.139. The summed E-state index contributed by atoms with van der Waals surface area (Å²) in [7, 11) is 0. The lowest BCUT2D eigenvalue weighted by Gasteiger charge is -2.43. The summed E-state index contributed by atoms with van der Waals surface area (Å²) >= 11 is 0. The average molecular weight is 415 g/mol. The van der Waals surface area contributed by atoms with Crippen LogP contribution in [-0.4, -0.2) is 37.8 Å². The van der Waals surface area contributed by atoms with E-state index in [1.165, 1.54) is 16.7 Å². The first kappa shape index (κ1) is 21.7. The molecule has 0 bridgehead atoms. The molecule has 0 aliphatic carbocycles. The summed E-state index contributed by atoms with van der Waals surface area (Å²) in [6.07, 6.45) is 1.42. The molecule has 30 heavy (non-hydrogen) atoms. The van der Waals surface area contributed by atoms with Crippen molar-refractivity contribution in [2.75, 3.05) is 6.54 Å². The number of hydrogen-bond donors (Lipinski definition) is 1. The number of rotatable bonds is 6. The van der Waals surface area contributed by atoms with Crippen molar-refractivity contribution in [3.63, 3.8) is 0 Å². The van der Waals surface area contributed by atoms with E-state index < -0.39 is 22.6 Å². The molecule has 2 heterocycles. The molecular formula is C22H26FN3O4. The van der Waals surface area contributed by atoms with E-state index in [2.05, 4.69) is 4.98 Å². The van der Waals surface area contributed by atoms with Gasteiger partial charge in [-0.05, 0) is 44.4 Å². The predicted molar refractivity (Wildman–Crippen MR) is 109 cm³/mol. The molecule has 1 N–H and O–H groups in total. The highest BCUT2D eigenvalue weighted by molar-refractivity contribution is 5.96. The van der Waals surface area contributed by atoms with Crippen LogP contribution in [-0.2, 0) is 23.3 Å². The SMILES string of the molecule is CCCC(=O)N1CCn2c(nc(C(=O)CCc3ccc(F)cc3)c(O)c2=O)C1(C)C. The van der Waals surface area contributed by atoms with Gasteiger partial charge in [-0.15, -0.1) is 0 Å². The van der Waals surface area contributed by atoms with Gasteiger partial charge in [0.15, 0.2) is 11.5 Å². The van der Waals surface area contributed by atoms with Crippen LogP contribution in [0.4, 0.5) is 4.39 Å². The number of aryl methyl sites for hydroxylation is 1. The Balaban J connectivity index is 1.92. The lowest BCUT2D eigenvalue weighted by atomic mass is 9.97. The van der Waals surface area contributed by atoms with Gasteiger partial charge in [0.25, 0.3) is 5.56 Å². The molecule has 8 heteroatoms. The highest BCUT2D eigenvalue weighted by atomic mass is 19.1. The van der Waals surface area contributed by atoms with Crippen LogP contribution in [0.1, 0.15) is 61.9 Å². The fraction of sp³-hybridized carbons (Fsp3) is 0.455. The van der Waals surface area contributed by atoms with E-state index in [1.807, 2.05) is 6.92 Å². The summed E-state index contributed by atoms with van der Waals surface area (Å²) in [5, 5.41) is 10.3. The Morgan fingerprint density at radius 3 is 2.47 bits per heavy atom. The van der Waals surface area contributed by atoms with Crippen LogP contribution in [0.15, 0.2) is 29.1 Å². The number of fused-ring (bicyclic) bond motifs is 1. The first-order chi connectivity index (χ1) is 14.2. The van der Waals surface area contributed by atoms with Gasteiger partial charge in [-0.3, -0.25) is 19.0 Å². The van der Waals surface area contributed by atoms with E-state index in [9.17, 15) is 23.9 Å². The summed E-state index contributed by atoms with van der Waals surface area (Å²) in [4.78, 5) is 44.0. The number of carbonyl (C=O) groups excluding carboxylic acids is 2. The molecule has 0 saturated heterocycles. The van der Waals surface area contributed by atoms with E-state index >= 15 is 0 Å². The topological polar surface area (TPSA) is 92.5 Å². The maximum absolute atomic E-state index is 13.0. The molecule has 1 aromatic carbocycles. The van der Waals surface area contributed by atoms with E-state index in [0.29, 0.717) is 25.8 Å². The Kier molecular flexibility index (Phi) is 6.05. The van der Waals surface area contributed by atoms with Gasteiger partial charge in [-0.25, -0.2) is 9.37 Å². The van der Waals surface area contributed by atoms with E-state index in [0.717, 1.165) is 5.56 Å². The molecule has 0 atom stereocenters. The molecular weight excluding hydrogens is 389 g/mol. The monoisotopic (exact) mass is 415 g/mol. The lowest BCUT2D eigenvalue weighted by Crippen LogP contribution is -2.54. The van der Waals surface area contributed by atoms with Gasteiger partial charge >= 0.3 is 0 Å². The molecule has 0 unspecified atom stereocenters. The highest BCUT2D eigenvalue weighted by Gasteiger charge is 2.40. The molecule has 0 spiro atoms. The minimum absolute atomic E-state index is 0.00793. The fourth-order valence-corrected chi connectivity index (χ4v) is 3.83. The zero-order valence-corrected chi connectivity index (χ0v) is 17.4. The Hall–Kier alpha value is -3.03. The number of benzene rings is 1. The Bertz CT molecular complexity index is 1030. The number of carbonyl (C=O) groups is 2. The fourth-order valence-electron chi connectivity index (χ4n) is 3.83. The molecule has 2 aromatic rings. The van der Waals surface area contributed by atoms with Crippen LogP contribution in [0.3, 0.4) is 0 Å². The molecule has 160 valence electrons. The van der Waals surface area contributed by atoms with Crippen molar-refractivity contribution in [2.24, 2.45) is 0 Å². The molecule has 1 aliphatic heterocycles. The quantitative estimate of drug-likeness (QED) is 0.733. The van der Waals surface area contributed by atoms with Gasteiger partial charge in [0.05, 0.1) is 5.54 Å². The molecule has 1 aromatic heterocycles. The van der Waals surface area contributed by atoms with Crippen LogP contribution in [0.25, 0.3) is 0 Å². The number of Topliss-reactive ketones (excluding diaryl/α,β-unsaturated/α-hetero) is 1. The number of amides is 1. The second-order valence-corrected chi connectivity index (χ2v) is 7.99. The summed E-state index contributed by atoms with van der Waals surface area (Å²) in [5.41, 5.74) is -1.11. The Labute approximate surface area is 174 Å². The molecule has 1 amide bonds. The maximum atomic E-state index is 13.0. The van der Waals surface area contributed by atoms with Gasteiger partial charge in [-0.1, -0.05) is 19.1 Å². The molecule has 1 aliphatic rings. The van der Waals surface area contributed by atoms with Gasteiger partial charge < -0.3 is 10.0 Å². The normalized spacial score (nSPS) is 15.0. The molecule has 7 nitrogen and oxygen atoms in total. The van der Waals surface area contributed by atoms with Crippen LogP contribution in [0.2, 0.25) is 0 Å². The number of nitrogens with zero attached hydrogens (tertiary/aromatic N) is 3. The third-order valence-corrected chi connectivity index (χ3v) is 5.50. The van der Waals surface area contributed by atoms with Crippen molar-refractivity contribution in [1.29, 1.82) is 0 Å². The maximum Gasteiger partial charge on any atom is 0.296 e. The van der Waals surface area contributed by atoms with Crippen LogP contribution in [0.5, 0.6) is 5.75 Å². The van der Waals surface area contributed by atoms with Crippen LogP contribution < -0.4 is 5.56 Å². The number of aromatic hydroxyl groups is 1. The number of hydrogen-bond acceptors (Lipinski definition) is 5. The summed E-state index contributed by atoms with van der Waals surface area (Å²) in [6.45, 7) is 6.01. The zero-order valence-electron chi connectivity index (χ0n) is 17.4. The molecule has 0 radical (unpaired) electrons. The largest absolute Gasteiger partial charge is 0.501 e. The first-order valence-corrected chi connectivity index (χ1v) is 10.1. The van der Waals surface area contributed by atoms with Crippen molar-refractivity contribution < 1.29 is 19.1 Å².